The van der Waals surface area contributed by atoms with Gasteiger partial charge in [0.15, 0.2) is 0 Å². The fourth-order valence-corrected chi connectivity index (χ4v) is 2.11. The largest absolute Gasteiger partial charge is 0.471 e. The third-order valence-corrected chi connectivity index (χ3v) is 3.28. The van der Waals surface area contributed by atoms with E-state index in [4.69, 9.17) is 4.84 Å². The molecule has 3 aromatic rings. The fourth-order valence-electron chi connectivity index (χ4n) is 2.11. The number of benzene rings is 1. The lowest BCUT2D eigenvalue weighted by Crippen LogP contribution is -2.04. The van der Waals surface area contributed by atoms with Crippen LogP contribution in [0.1, 0.15) is 23.9 Å². The van der Waals surface area contributed by atoms with Crippen molar-refractivity contribution in [1.82, 2.24) is 19.9 Å². The van der Waals surface area contributed by atoms with E-state index < -0.39 is 12.1 Å². The first-order chi connectivity index (χ1) is 12.5. The zero-order chi connectivity index (χ0) is 18.6. The molecule has 26 heavy (non-hydrogen) atoms. The molecule has 0 saturated carbocycles. The van der Waals surface area contributed by atoms with Gasteiger partial charge in [0.25, 0.3) is 0 Å². The first-order valence-corrected chi connectivity index (χ1v) is 7.63. The highest BCUT2D eigenvalue weighted by Crippen LogP contribution is 2.29. The smallest absolute Gasteiger partial charge is 0.396 e. The maximum absolute atomic E-state index is 12.5. The van der Waals surface area contributed by atoms with Crippen LogP contribution in [0.25, 0.3) is 11.4 Å². The van der Waals surface area contributed by atoms with E-state index in [0.29, 0.717) is 18.7 Å². The average Bonchev–Trinajstić information content (AvgIpc) is 3.25. The summed E-state index contributed by atoms with van der Waals surface area (Å²) in [6.07, 6.45) is 0.346. The SMILES string of the molecule is CCO/N=C/c1cnn(Cc2ccc(-c3noc(C(F)(F)F)n3)cc2)c1. The Bertz CT molecular complexity index is 884. The van der Waals surface area contributed by atoms with E-state index in [9.17, 15) is 13.2 Å². The van der Waals surface area contributed by atoms with Crippen LogP contribution in [0.3, 0.4) is 0 Å². The van der Waals surface area contributed by atoms with Crippen molar-refractivity contribution in [2.75, 3.05) is 6.61 Å². The Morgan fingerprint density at radius 1 is 1.27 bits per heavy atom. The molecule has 0 amide bonds. The number of aromatic nitrogens is 4. The maximum atomic E-state index is 12.5. The van der Waals surface area contributed by atoms with Gasteiger partial charge in [-0.15, -0.1) is 0 Å². The summed E-state index contributed by atoms with van der Waals surface area (Å²) in [5.74, 6) is -1.48. The minimum absolute atomic E-state index is 0.114. The van der Waals surface area contributed by atoms with Gasteiger partial charge in [0.05, 0.1) is 19.0 Å². The number of alkyl halides is 3. The van der Waals surface area contributed by atoms with Gasteiger partial charge in [-0.25, -0.2) is 0 Å². The van der Waals surface area contributed by atoms with Crippen LogP contribution in [-0.4, -0.2) is 32.7 Å². The third-order valence-electron chi connectivity index (χ3n) is 3.28. The summed E-state index contributed by atoms with van der Waals surface area (Å²) >= 11 is 0. The highest BCUT2D eigenvalue weighted by atomic mass is 19.4. The van der Waals surface area contributed by atoms with Gasteiger partial charge in [-0.05, 0) is 12.5 Å². The molecule has 136 valence electrons. The van der Waals surface area contributed by atoms with E-state index in [1.807, 2.05) is 6.92 Å². The second kappa shape index (κ2) is 7.38. The summed E-state index contributed by atoms with van der Waals surface area (Å²) in [6, 6.07) is 6.77. The Kier molecular flexibility index (Phi) is 5.01. The van der Waals surface area contributed by atoms with E-state index in [-0.39, 0.29) is 5.82 Å². The molecule has 0 bridgehead atoms. The Morgan fingerprint density at radius 2 is 2.04 bits per heavy atom. The lowest BCUT2D eigenvalue weighted by molar-refractivity contribution is -0.159. The van der Waals surface area contributed by atoms with Crippen LogP contribution < -0.4 is 0 Å². The molecule has 10 heteroatoms. The predicted molar refractivity (Wildman–Crippen MR) is 85.3 cm³/mol. The lowest BCUT2D eigenvalue weighted by atomic mass is 10.1. The van der Waals surface area contributed by atoms with E-state index >= 15 is 0 Å². The van der Waals surface area contributed by atoms with Gasteiger partial charge in [-0.1, -0.05) is 34.6 Å². The molecule has 0 N–H and O–H groups in total. The molecule has 0 unspecified atom stereocenters. The molecule has 0 fully saturated rings. The summed E-state index contributed by atoms with van der Waals surface area (Å²) in [4.78, 5) is 8.24. The highest BCUT2D eigenvalue weighted by molar-refractivity contribution is 5.78. The number of hydrogen-bond acceptors (Lipinski definition) is 6. The second-order valence-corrected chi connectivity index (χ2v) is 5.24. The van der Waals surface area contributed by atoms with Gasteiger partial charge >= 0.3 is 12.1 Å². The van der Waals surface area contributed by atoms with Crippen molar-refractivity contribution in [3.05, 3.63) is 53.7 Å². The van der Waals surface area contributed by atoms with E-state index in [1.165, 1.54) is 0 Å². The first-order valence-electron chi connectivity index (χ1n) is 7.63. The van der Waals surface area contributed by atoms with E-state index in [1.54, 1.807) is 47.6 Å². The number of oxime groups is 1. The molecule has 2 aromatic heterocycles. The molecule has 0 aliphatic rings. The van der Waals surface area contributed by atoms with Crippen LogP contribution in [0, 0.1) is 0 Å². The number of nitrogens with zero attached hydrogens (tertiary/aromatic N) is 5. The number of hydrogen-bond donors (Lipinski definition) is 0. The van der Waals surface area contributed by atoms with Crippen LogP contribution in [0.2, 0.25) is 0 Å². The molecule has 0 saturated heterocycles. The van der Waals surface area contributed by atoms with Crippen molar-refractivity contribution in [2.24, 2.45) is 5.16 Å². The fraction of sp³-hybridized carbons (Fsp3) is 0.250. The van der Waals surface area contributed by atoms with E-state index in [2.05, 4.69) is 24.9 Å². The average molecular weight is 365 g/mol. The van der Waals surface area contributed by atoms with Crippen molar-refractivity contribution in [2.45, 2.75) is 19.6 Å². The normalized spacial score (nSPS) is 12.0. The standard InChI is InChI=1S/C16H14F3N5O2/c1-2-25-21-8-12-7-20-24(10-12)9-11-3-5-13(6-4-11)14-22-15(26-23-14)16(17,18)19/h3-8,10H,2,9H2,1H3/b21-8+. The van der Waals surface area contributed by atoms with Gasteiger partial charge in [0, 0.05) is 17.3 Å². The number of halogens is 3. The van der Waals surface area contributed by atoms with Crippen molar-refractivity contribution in [3.8, 4) is 11.4 Å². The van der Waals surface area contributed by atoms with Crippen LogP contribution >= 0.6 is 0 Å². The zero-order valence-corrected chi connectivity index (χ0v) is 13.6. The molecule has 0 spiro atoms. The van der Waals surface area contributed by atoms with Crippen molar-refractivity contribution < 1.29 is 22.5 Å². The van der Waals surface area contributed by atoms with Crippen LogP contribution in [0.4, 0.5) is 13.2 Å². The molecular weight excluding hydrogens is 351 g/mol. The Hall–Kier alpha value is -3.17. The Labute approximate surface area is 146 Å². The third kappa shape index (κ3) is 4.26. The highest BCUT2D eigenvalue weighted by Gasteiger charge is 2.38. The molecule has 0 atom stereocenters. The van der Waals surface area contributed by atoms with Crippen LogP contribution in [0.15, 0.2) is 46.3 Å². The van der Waals surface area contributed by atoms with Crippen molar-refractivity contribution in [3.63, 3.8) is 0 Å². The lowest BCUT2D eigenvalue weighted by Gasteiger charge is -2.02. The quantitative estimate of drug-likeness (QED) is 0.494. The molecule has 7 nitrogen and oxygen atoms in total. The summed E-state index contributed by atoms with van der Waals surface area (Å²) in [7, 11) is 0. The number of rotatable bonds is 6. The summed E-state index contributed by atoms with van der Waals surface area (Å²) < 4.78 is 43.4. The molecular formula is C16H14F3N5O2. The van der Waals surface area contributed by atoms with Gasteiger partial charge in [0.1, 0.15) is 6.61 Å². The predicted octanol–water partition coefficient (Wildman–Crippen LogP) is 3.37. The van der Waals surface area contributed by atoms with Gasteiger partial charge in [-0.3, -0.25) is 4.68 Å². The van der Waals surface area contributed by atoms with Crippen molar-refractivity contribution >= 4 is 6.21 Å². The Morgan fingerprint density at radius 3 is 2.69 bits per heavy atom. The summed E-state index contributed by atoms with van der Waals surface area (Å²) in [5, 5.41) is 11.3. The van der Waals surface area contributed by atoms with Gasteiger partial charge < -0.3 is 9.36 Å². The summed E-state index contributed by atoms with van der Waals surface area (Å²) in [5.41, 5.74) is 2.13. The Balaban J connectivity index is 1.67. The minimum atomic E-state index is -4.66. The van der Waals surface area contributed by atoms with Crippen LogP contribution in [-0.2, 0) is 17.6 Å². The van der Waals surface area contributed by atoms with E-state index in [0.717, 1.165) is 11.1 Å². The molecule has 0 aliphatic carbocycles. The maximum Gasteiger partial charge on any atom is 0.471 e. The topological polar surface area (TPSA) is 78.3 Å². The minimum Gasteiger partial charge on any atom is -0.396 e. The summed E-state index contributed by atoms with van der Waals surface area (Å²) in [6.45, 7) is 2.81. The molecule has 2 heterocycles. The zero-order valence-electron chi connectivity index (χ0n) is 13.6. The second-order valence-electron chi connectivity index (χ2n) is 5.24. The van der Waals surface area contributed by atoms with Crippen LogP contribution in [0.5, 0.6) is 0 Å². The van der Waals surface area contributed by atoms with Gasteiger partial charge in [-0.2, -0.15) is 23.3 Å². The van der Waals surface area contributed by atoms with Crippen molar-refractivity contribution in [1.29, 1.82) is 0 Å². The molecule has 0 radical (unpaired) electrons. The molecule has 1 aromatic carbocycles. The molecule has 3 rings (SSSR count). The first kappa shape index (κ1) is 17.6. The monoisotopic (exact) mass is 365 g/mol. The molecule has 0 aliphatic heterocycles. The van der Waals surface area contributed by atoms with Gasteiger partial charge in [0.2, 0.25) is 5.82 Å².